The number of hydrogen-bond acceptors (Lipinski definition) is 2. The van der Waals surface area contributed by atoms with Crippen molar-refractivity contribution in [3.8, 4) is 0 Å². The van der Waals surface area contributed by atoms with Crippen LogP contribution in [-0.4, -0.2) is 15.8 Å². The number of aromatic nitrogens is 2. The van der Waals surface area contributed by atoms with Gasteiger partial charge < -0.3 is 5.73 Å². The molecule has 1 heterocycles. The van der Waals surface area contributed by atoms with Crippen molar-refractivity contribution in [3.63, 3.8) is 0 Å². The molecule has 0 spiro atoms. The maximum atomic E-state index is 6.33. The minimum absolute atomic E-state index is 0.336. The van der Waals surface area contributed by atoms with Gasteiger partial charge in [-0.05, 0) is 36.7 Å². The van der Waals surface area contributed by atoms with Crippen LogP contribution < -0.4 is 5.73 Å². The minimum atomic E-state index is 0.336. The lowest BCUT2D eigenvalue weighted by atomic mass is 10.0. The number of nitrogens with zero attached hydrogens (tertiary/aromatic N) is 2. The SMILES string of the molecule is Cn1ccc(CC(N)C2C3CCCCC32)n1. The topological polar surface area (TPSA) is 43.8 Å². The average Bonchev–Trinajstić information content (AvgIpc) is 2.88. The van der Waals surface area contributed by atoms with Crippen LogP contribution in [-0.2, 0) is 13.5 Å². The summed E-state index contributed by atoms with van der Waals surface area (Å²) in [7, 11) is 1.96. The normalized spacial score (nSPS) is 34.5. The molecule has 88 valence electrons. The second kappa shape index (κ2) is 3.88. The van der Waals surface area contributed by atoms with E-state index in [1.165, 1.54) is 25.7 Å². The van der Waals surface area contributed by atoms with Gasteiger partial charge in [-0.15, -0.1) is 0 Å². The van der Waals surface area contributed by atoms with Gasteiger partial charge in [0.05, 0.1) is 5.69 Å². The lowest BCUT2D eigenvalue weighted by Gasteiger charge is -2.09. The van der Waals surface area contributed by atoms with Crippen LogP contribution in [0.3, 0.4) is 0 Å². The summed E-state index contributed by atoms with van der Waals surface area (Å²) < 4.78 is 1.86. The molecule has 3 rings (SSSR count). The Morgan fingerprint density at radius 2 is 2.12 bits per heavy atom. The fraction of sp³-hybridized carbons (Fsp3) is 0.769. The van der Waals surface area contributed by atoms with Gasteiger partial charge in [-0.1, -0.05) is 12.8 Å². The number of aryl methyl sites for hydroxylation is 1. The van der Waals surface area contributed by atoms with Crippen LogP contribution in [0.25, 0.3) is 0 Å². The highest BCUT2D eigenvalue weighted by Crippen LogP contribution is 2.56. The van der Waals surface area contributed by atoms with E-state index in [2.05, 4.69) is 11.2 Å². The monoisotopic (exact) mass is 219 g/mol. The number of hydrogen-bond donors (Lipinski definition) is 1. The zero-order chi connectivity index (χ0) is 11.1. The van der Waals surface area contributed by atoms with E-state index in [-0.39, 0.29) is 0 Å². The van der Waals surface area contributed by atoms with Crippen molar-refractivity contribution in [1.82, 2.24) is 9.78 Å². The lowest BCUT2D eigenvalue weighted by Crippen LogP contribution is -2.27. The predicted octanol–water partition coefficient (Wildman–Crippen LogP) is 1.73. The molecule has 2 fully saturated rings. The van der Waals surface area contributed by atoms with Gasteiger partial charge in [0.2, 0.25) is 0 Å². The molecule has 2 aliphatic carbocycles. The van der Waals surface area contributed by atoms with Crippen LogP contribution >= 0.6 is 0 Å². The van der Waals surface area contributed by atoms with Gasteiger partial charge in [0, 0.05) is 25.7 Å². The molecule has 0 amide bonds. The Morgan fingerprint density at radius 1 is 1.44 bits per heavy atom. The van der Waals surface area contributed by atoms with Crippen LogP contribution in [0.4, 0.5) is 0 Å². The van der Waals surface area contributed by atoms with Gasteiger partial charge in [-0.3, -0.25) is 4.68 Å². The van der Waals surface area contributed by atoms with E-state index in [1.54, 1.807) is 0 Å². The molecule has 2 aliphatic rings. The Labute approximate surface area is 97.0 Å². The van der Waals surface area contributed by atoms with E-state index in [4.69, 9.17) is 5.73 Å². The van der Waals surface area contributed by atoms with Crippen molar-refractivity contribution in [2.75, 3.05) is 0 Å². The van der Waals surface area contributed by atoms with Crippen molar-refractivity contribution in [1.29, 1.82) is 0 Å². The third-order valence-electron chi connectivity index (χ3n) is 4.43. The number of nitrogens with two attached hydrogens (primary N) is 1. The molecule has 16 heavy (non-hydrogen) atoms. The van der Waals surface area contributed by atoms with Gasteiger partial charge in [-0.2, -0.15) is 5.10 Å². The summed E-state index contributed by atoms with van der Waals surface area (Å²) in [6.07, 6.45) is 8.65. The maximum Gasteiger partial charge on any atom is 0.0640 e. The zero-order valence-corrected chi connectivity index (χ0v) is 9.97. The largest absolute Gasteiger partial charge is 0.327 e. The first-order chi connectivity index (χ1) is 7.75. The van der Waals surface area contributed by atoms with Crippen LogP contribution in [0.5, 0.6) is 0 Å². The number of fused-ring (bicyclic) bond motifs is 1. The Hall–Kier alpha value is -0.830. The second-order valence-electron chi connectivity index (χ2n) is 5.54. The molecule has 3 unspecified atom stereocenters. The molecule has 0 aromatic carbocycles. The van der Waals surface area contributed by atoms with E-state index in [9.17, 15) is 0 Å². The summed E-state index contributed by atoms with van der Waals surface area (Å²) in [4.78, 5) is 0. The van der Waals surface area contributed by atoms with Crippen molar-refractivity contribution in [3.05, 3.63) is 18.0 Å². The van der Waals surface area contributed by atoms with E-state index in [0.717, 1.165) is 29.9 Å². The summed E-state index contributed by atoms with van der Waals surface area (Å²) in [5, 5.41) is 4.41. The summed E-state index contributed by atoms with van der Waals surface area (Å²) in [5.74, 6) is 2.70. The lowest BCUT2D eigenvalue weighted by molar-refractivity contribution is 0.480. The highest BCUT2D eigenvalue weighted by atomic mass is 15.2. The third-order valence-corrected chi connectivity index (χ3v) is 4.43. The van der Waals surface area contributed by atoms with E-state index in [1.807, 2.05) is 17.9 Å². The number of rotatable bonds is 3. The fourth-order valence-corrected chi connectivity index (χ4v) is 3.63. The van der Waals surface area contributed by atoms with Crippen molar-refractivity contribution in [2.45, 2.75) is 38.1 Å². The van der Waals surface area contributed by atoms with Crippen LogP contribution in [0.1, 0.15) is 31.4 Å². The Kier molecular flexibility index (Phi) is 2.51. The molecule has 3 atom stereocenters. The molecule has 3 heteroatoms. The van der Waals surface area contributed by atoms with E-state index < -0.39 is 0 Å². The minimum Gasteiger partial charge on any atom is -0.327 e. The highest BCUT2D eigenvalue weighted by molar-refractivity contribution is 5.09. The predicted molar refractivity (Wildman–Crippen MR) is 63.8 cm³/mol. The van der Waals surface area contributed by atoms with Crippen molar-refractivity contribution in [2.24, 2.45) is 30.5 Å². The van der Waals surface area contributed by atoms with Gasteiger partial charge in [0.15, 0.2) is 0 Å². The van der Waals surface area contributed by atoms with Gasteiger partial charge in [-0.25, -0.2) is 0 Å². The molecule has 0 bridgehead atoms. The Bertz CT molecular complexity index is 359. The van der Waals surface area contributed by atoms with Crippen molar-refractivity contribution < 1.29 is 0 Å². The van der Waals surface area contributed by atoms with Gasteiger partial charge in [0.1, 0.15) is 0 Å². The first kappa shape index (κ1) is 10.3. The van der Waals surface area contributed by atoms with E-state index in [0.29, 0.717) is 6.04 Å². The summed E-state index contributed by atoms with van der Waals surface area (Å²) in [6.45, 7) is 0. The maximum absolute atomic E-state index is 6.33. The highest BCUT2D eigenvalue weighted by Gasteiger charge is 2.52. The second-order valence-corrected chi connectivity index (χ2v) is 5.54. The quantitative estimate of drug-likeness (QED) is 0.841. The van der Waals surface area contributed by atoms with Crippen LogP contribution in [0, 0.1) is 17.8 Å². The molecule has 0 radical (unpaired) electrons. The van der Waals surface area contributed by atoms with Crippen molar-refractivity contribution >= 4 is 0 Å². The Morgan fingerprint density at radius 3 is 2.69 bits per heavy atom. The summed E-state index contributed by atoms with van der Waals surface area (Å²) in [5.41, 5.74) is 7.48. The first-order valence-electron chi connectivity index (χ1n) is 6.50. The molecule has 2 N–H and O–H groups in total. The Balaban J connectivity index is 1.60. The van der Waals surface area contributed by atoms with E-state index >= 15 is 0 Å². The summed E-state index contributed by atoms with van der Waals surface area (Å²) in [6, 6.07) is 2.43. The van der Waals surface area contributed by atoms with Crippen LogP contribution in [0.2, 0.25) is 0 Å². The smallest absolute Gasteiger partial charge is 0.0640 e. The zero-order valence-electron chi connectivity index (χ0n) is 9.97. The van der Waals surface area contributed by atoms with Gasteiger partial charge in [0.25, 0.3) is 0 Å². The summed E-state index contributed by atoms with van der Waals surface area (Å²) >= 11 is 0. The molecule has 1 aromatic heterocycles. The molecule has 3 nitrogen and oxygen atoms in total. The van der Waals surface area contributed by atoms with Gasteiger partial charge >= 0.3 is 0 Å². The molecular weight excluding hydrogens is 198 g/mol. The fourth-order valence-electron chi connectivity index (χ4n) is 3.63. The molecule has 0 saturated heterocycles. The third kappa shape index (κ3) is 1.77. The average molecular weight is 219 g/mol. The standard InChI is InChI=1S/C13H21N3/c1-16-7-6-9(15-16)8-12(14)13-10-4-2-3-5-11(10)13/h6-7,10-13H,2-5,8,14H2,1H3. The van der Waals surface area contributed by atoms with Crippen LogP contribution in [0.15, 0.2) is 12.3 Å². The molecule has 1 aromatic rings. The molecule has 0 aliphatic heterocycles. The molecule has 2 saturated carbocycles. The first-order valence-corrected chi connectivity index (χ1v) is 6.50. The molecular formula is C13H21N3.